The molecule has 0 spiro atoms. The maximum Gasteiger partial charge on any atom is 0.258 e. The first kappa shape index (κ1) is 19.1. The number of carbonyl (C=O) groups excluding carboxylic acids is 1. The zero-order valence-corrected chi connectivity index (χ0v) is 15.1. The molecule has 6 heteroatoms. The summed E-state index contributed by atoms with van der Waals surface area (Å²) in [5.41, 5.74) is -0.403. The minimum absolute atomic E-state index is 0.105. The Labute approximate surface area is 147 Å². The summed E-state index contributed by atoms with van der Waals surface area (Å²) in [6.07, 6.45) is 2.28. The summed E-state index contributed by atoms with van der Waals surface area (Å²) in [5, 5.41) is 13.7. The van der Waals surface area contributed by atoms with Crippen molar-refractivity contribution in [1.29, 1.82) is 0 Å². The van der Waals surface area contributed by atoms with Gasteiger partial charge in [-0.1, -0.05) is 32.4 Å². The minimum Gasteiger partial charge on any atom is -0.388 e. The van der Waals surface area contributed by atoms with Crippen molar-refractivity contribution >= 4 is 16.8 Å². The van der Waals surface area contributed by atoms with Gasteiger partial charge in [0.1, 0.15) is 5.82 Å². The van der Waals surface area contributed by atoms with Crippen LogP contribution in [0.3, 0.4) is 0 Å². The lowest BCUT2D eigenvalue weighted by atomic mass is 9.88. The van der Waals surface area contributed by atoms with E-state index in [1.165, 1.54) is 0 Å². The highest BCUT2D eigenvalue weighted by atomic mass is 16.3. The minimum atomic E-state index is -0.907. The zero-order chi connectivity index (χ0) is 18.4. The normalized spacial score (nSPS) is 14.9. The first-order chi connectivity index (χ1) is 11.8. The highest BCUT2D eigenvalue weighted by molar-refractivity contribution is 5.77. The van der Waals surface area contributed by atoms with Crippen molar-refractivity contribution < 1.29 is 9.90 Å². The Balaban J connectivity index is 1.84. The van der Waals surface area contributed by atoms with Crippen LogP contribution in [0.5, 0.6) is 0 Å². The van der Waals surface area contributed by atoms with E-state index in [2.05, 4.69) is 15.3 Å². The van der Waals surface area contributed by atoms with Gasteiger partial charge in [0.25, 0.3) is 5.56 Å². The molecule has 0 aliphatic heterocycles. The number of aliphatic hydroxyl groups is 1. The van der Waals surface area contributed by atoms with Crippen molar-refractivity contribution in [3.05, 3.63) is 40.4 Å². The standard InChI is InChI=1S/C19H27N3O3/c1-4-13(2)19(3,25)12-20-17(23)11-7-10-16-21-15-9-6-5-8-14(15)18(24)22-16/h5-6,8-9,13,25H,4,7,10-12H2,1-3H3,(H,20,23)(H,21,22,24)/t13-,19-/m0/s1. The lowest BCUT2D eigenvalue weighted by Crippen LogP contribution is -2.45. The van der Waals surface area contributed by atoms with Crippen LogP contribution in [0.2, 0.25) is 0 Å². The quantitative estimate of drug-likeness (QED) is 0.683. The number of para-hydroxylation sites is 1. The lowest BCUT2D eigenvalue weighted by Gasteiger charge is -2.29. The summed E-state index contributed by atoms with van der Waals surface area (Å²) in [4.78, 5) is 31.1. The first-order valence-electron chi connectivity index (χ1n) is 8.80. The van der Waals surface area contributed by atoms with E-state index in [9.17, 15) is 14.7 Å². The molecule has 2 atom stereocenters. The van der Waals surface area contributed by atoms with Crippen molar-refractivity contribution in [2.24, 2.45) is 5.92 Å². The van der Waals surface area contributed by atoms with Crippen LogP contribution in [0, 0.1) is 5.92 Å². The average molecular weight is 345 g/mol. The van der Waals surface area contributed by atoms with Crippen LogP contribution in [0.15, 0.2) is 29.1 Å². The Morgan fingerprint density at radius 1 is 1.40 bits per heavy atom. The van der Waals surface area contributed by atoms with Gasteiger partial charge in [0.05, 0.1) is 16.5 Å². The monoisotopic (exact) mass is 345 g/mol. The molecule has 25 heavy (non-hydrogen) atoms. The fraction of sp³-hybridized carbons (Fsp3) is 0.526. The van der Waals surface area contributed by atoms with E-state index in [0.717, 1.165) is 6.42 Å². The molecule has 136 valence electrons. The molecule has 6 nitrogen and oxygen atoms in total. The largest absolute Gasteiger partial charge is 0.388 e. The average Bonchev–Trinajstić information content (AvgIpc) is 2.59. The number of rotatable bonds is 8. The SMILES string of the molecule is CC[C@H](C)[C@@](C)(O)CNC(=O)CCCc1nc2ccccc2c(=O)[nH]1. The fourth-order valence-electron chi connectivity index (χ4n) is 2.65. The third-order valence-corrected chi connectivity index (χ3v) is 4.80. The van der Waals surface area contributed by atoms with E-state index in [0.29, 0.717) is 36.0 Å². The maximum absolute atomic E-state index is 12.0. The number of hydrogen-bond donors (Lipinski definition) is 3. The van der Waals surface area contributed by atoms with Gasteiger partial charge in [-0.2, -0.15) is 0 Å². The number of aromatic amines is 1. The van der Waals surface area contributed by atoms with E-state index >= 15 is 0 Å². The zero-order valence-electron chi connectivity index (χ0n) is 15.1. The third-order valence-electron chi connectivity index (χ3n) is 4.80. The Morgan fingerprint density at radius 3 is 2.84 bits per heavy atom. The van der Waals surface area contributed by atoms with Gasteiger partial charge in [-0.15, -0.1) is 0 Å². The van der Waals surface area contributed by atoms with Crippen molar-refractivity contribution in [2.45, 2.75) is 52.1 Å². The second-order valence-electron chi connectivity index (χ2n) is 6.83. The molecular weight excluding hydrogens is 318 g/mol. The Bertz CT molecular complexity index is 783. The smallest absolute Gasteiger partial charge is 0.258 e. The lowest BCUT2D eigenvalue weighted by molar-refractivity contribution is -0.122. The first-order valence-corrected chi connectivity index (χ1v) is 8.80. The molecule has 0 saturated carbocycles. The molecule has 2 aromatic rings. The number of nitrogens with zero attached hydrogens (tertiary/aromatic N) is 1. The molecule has 0 unspecified atom stereocenters. The van der Waals surface area contributed by atoms with E-state index < -0.39 is 5.60 Å². The maximum atomic E-state index is 12.0. The summed E-state index contributed by atoms with van der Waals surface area (Å²) >= 11 is 0. The number of aryl methyl sites for hydroxylation is 1. The van der Waals surface area contributed by atoms with Crippen molar-refractivity contribution in [1.82, 2.24) is 15.3 Å². The fourth-order valence-corrected chi connectivity index (χ4v) is 2.65. The second-order valence-corrected chi connectivity index (χ2v) is 6.83. The van der Waals surface area contributed by atoms with Crippen LogP contribution >= 0.6 is 0 Å². The molecule has 0 aliphatic rings. The van der Waals surface area contributed by atoms with Crippen molar-refractivity contribution in [3.8, 4) is 0 Å². The van der Waals surface area contributed by atoms with Gasteiger partial charge in [-0.3, -0.25) is 9.59 Å². The number of fused-ring (bicyclic) bond motifs is 1. The van der Waals surface area contributed by atoms with E-state index in [-0.39, 0.29) is 23.9 Å². The van der Waals surface area contributed by atoms with Crippen LogP contribution in [-0.2, 0) is 11.2 Å². The van der Waals surface area contributed by atoms with Crippen molar-refractivity contribution in [3.63, 3.8) is 0 Å². The number of nitrogens with one attached hydrogen (secondary N) is 2. The molecule has 1 aromatic heterocycles. The Hall–Kier alpha value is -2.21. The molecule has 1 aromatic carbocycles. The second kappa shape index (κ2) is 8.25. The molecule has 1 amide bonds. The molecule has 0 bridgehead atoms. The number of benzene rings is 1. The number of H-pyrrole nitrogens is 1. The molecule has 0 fully saturated rings. The molecule has 3 N–H and O–H groups in total. The third kappa shape index (κ3) is 5.13. The summed E-state index contributed by atoms with van der Waals surface area (Å²) in [6, 6.07) is 7.19. The Kier molecular flexibility index (Phi) is 6.31. The number of aromatic nitrogens is 2. The van der Waals surface area contributed by atoms with Gasteiger partial charge >= 0.3 is 0 Å². The van der Waals surface area contributed by atoms with E-state index in [1.807, 2.05) is 19.9 Å². The van der Waals surface area contributed by atoms with Gasteiger partial charge in [-0.25, -0.2) is 4.98 Å². The molecule has 0 saturated heterocycles. The number of amides is 1. The Morgan fingerprint density at radius 2 is 2.12 bits per heavy atom. The van der Waals surface area contributed by atoms with Crippen LogP contribution in [-0.4, -0.2) is 33.1 Å². The highest BCUT2D eigenvalue weighted by Crippen LogP contribution is 2.18. The molecule has 0 aliphatic carbocycles. The summed E-state index contributed by atoms with van der Waals surface area (Å²) < 4.78 is 0. The molecule has 0 radical (unpaired) electrons. The van der Waals surface area contributed by atoms with Crippen molar-refractivity contribution in [2.75, 3.05) is 6.54 Å². The van der Waals surface area contributed by atoms with Gasteiger partial charge in [0.2, 0.25) is 5.91 Å². The highest BCUT2D eigenvalue weighted by Gasteiger charge is 2.27. The van der Waals surface area contributed by atoms with E-state index in [4.69, 9.17) is 0 Å². The van der Waals surface area contributed by atoms with Gasteiger partial charge < -0.3 is 15.4 Å². The topological polar surface area (TPSA) is 95.1 Å². The molecule has 1 heterocycles. The van der Waals surface area contributed by atoms with Gasteiger partial charge in [0, 0.05) is 19.4 Å². The predicted octanol–water partition coefficient (Wildman–Crippen LogP) is 2.16. The van der Waals surface area contributed by atoms with E-state index in [1.54, 1.807) is 25.1 Å². The number of carbonyl (C=O) groups is 1. The van der Waals surface area contributed by atoms with Crippen LogP contribution in [0.4, 0.5) is 0 Å². The summed E-state index contributed by atoms with van der Waals surface area (Å²) in [7, 11) is 0. The molecular formula is C19H27N3O3. The van der Waals surface area contributed by atoms with Crippen LogP contribution in [0.1, 0.15) is 45.9 Å². The number of hydrogen-bond acceptors (Lipinski definition) is 4. The van der Waals surface area contributed by atoms with Gasteiger partial charge in [0.15, 0.2) is 0 Å². The van der Waals surface area contributed by atoms with Crippen LogP contribution < -0.4 is 10.9 Å². The van der Waals surface area contributed by atoms with Crippen LogP contribution in [0.25, 0.3) is 10.9 Å². The van der Waals surface area contributed by atoms with Gasteiger partial charge in [-0.05, 0) is 31.4 Å². The summed E-state index contributed by atoms with van der Waals surface area (Å²) in [5.74, 6) is 0.592. The summed E-state index contributed by atoms with van der Waals surface area (Å²) in [6.45, 7) is 5.96. The predicted molar refractivity (Wildman–Crippen MR) is 98.4 cm³/mol. The molecule has 2 rings (SSSR count).